The van der Waals surface area contributed by atoms with Gasteiger partial charge in [-0.2, -0.15) is 5.10 Å². The second kappa shape index (κ2) is 9.28. The summed E-state index contributed by atoms with van der Waals surface area (Å²) in [5.41, 5.74) is 5.56. The summed E-state index contributed by atoms with van der Waals surface area (Å²) in [6.45, 7) is 0.795. The van der Waals surface area contributed by atoms with Crippen molar-refractivity contribution in [3.8, 4) is 0 Å². The molecular formula is C21H17Cl2FN6O. The van der Waals surface area contributed by atoms with E-state index in [9.17, 15) is 9.18 Å². The standard InChI is InChI=1S/C21H17Cl2FN6O/c22-14-3-1-13(2-4-14)10-27-29-21(31)30-8-7-19-16(11-30)20(26-12-25-19)28-15-5-6-18(24)17(23)9-15/h1-6,9-10,12H,7-8,11H2,(H,29,31)(H,25,26,28)/b27-10+. The molecule has 0 radical (unpaired) electrons. The highest BCUT2D eigenvalue weighted by atomic mass is 35.5. The molecule has 1 aliphatic rings. The molecule has 158 valence electrons. The van der Waals surface area contributed by atoms with Crippen molar-refractivity contribution in [1.29, 1.82) is 0 Å². The van der Waals surface area contributed by atoms with Gasteiger partial charge < -0.3 is 10.2 Å². The number of rotatable bonds is 4. The fourth-order valence-electron chi connectivity index (χ4n) is 3.11. The zero-order valence-electron chi connectivity index (χ0n) is 16.1. The van der Waals surface area contributed by atoms with Crippen molar-refractivity contribution in [2.75, 3.05) is 11.9 Å². The Bertz CT molecular complexity index is 1140. The zero-order chi connectivity index (χ0) is 21.8. The molecule has 10 heteroatoms. The first-order valence-electron chi connectivity index (χ1n) is 9.38. The van der Waals surface area contributed by atoms with E-state index >= 15 is 0 Å². The molecule has 0 fully saturated rings. The number of carbonyl (C=O) groups is 1. The molecule has 31 heavy (non-hydrogen) atoms. The van der Waals surface area contributed by atoms with Crippen LogP contribution in [0.4, 0.5) is 20.7 Å². The van der Waals surface area contributed by atoms with Crippen molar-refractivity contribution in [3.63, 3.8) is 0 Å². The highest BCUT2D eigenvalue weighted by Crippen LogP contribution is 2.27. The Balaban J connectivity index is 1.45. The number of anilines is 2. The lowest BCUT2D eigenvalue weighted by Crippen LogP contribution is -2.41. The van der Waals surface area contributed by atoms with E-state index in [0.717, 1.165) is 16.8 Å². The molecule has 1 aliphatic heterocycles. The van der Waals surface area contributed by atoms with Crippen molar-refractivity contribution < 1.29 is 9.18 Å². The number of nitrogens with zero attached hydrogens (tertiary/aromatic N) is 4. The van der Waals surface area contributed by atoms with Gasteiger partial charge >= 0.3 is 6.03 Å². The zero-order valence-corrected chi connectivity index (χ0v) is 17.7. The smallest absolute Gasteiger partial charge is 0.338 e. The number of aromatic nitrogens is 2. The van der Waals surface area contributed by atoms with E-state index in [0.29, 0.717) is 36.0 Å². The van der Waals surface area contributed by atoms with Gasteiger partial charge in [0.15, 0.2) is 0 Å². The number of halogens is 3. The predicted molar refractivity (Wildman–Crippen MR) is 118 cm³/mol. The van der Waals surface area contributed by atoms with Crippen LogP contribution in [-0.2, 0) is 13.0 Å². The summed E-state index contributed by atoms with van der Waals surface area (Å²) in [6.07, 6.45) is 3.57. The van der Waals surface area contributed by atoms with Gasteiger partial charge in [-0.25, -0.2) is 24.6 Å². The lowest BCUT2D eigenvalue weighted by molar-refractivity contribution is 0.192. The van der Waals surface area contributed by atoms with E-state index in [1.165, 1.54) is 18.5 Å². The molecule has 1 aromatic heterocycles. The SMILES string of the molecule is O=C(N/N=C/c1ccc(Cl)cc1)N1CCc2ncnc(Nc3ccc(F)c(Cl)c3)c2C1. The number of hydrazone groups is 1. The Morgan fingerprint density at radius 2 is 1.97 bits per heavy atom. The van der Waals surface area contributed by atoms with Gasteiger partial charge in [0.2, 0.25) is 0 Å². The van der Waals surface area contributed by atoms with E-state index in [-0.39, 0.29) is 11.1 Å². The summed E-state index contributed by atoms with van der Waals surface area (Å²) in [4.78, 5) is 22.8. The minimum absolute atomic E-state index is 0.00692. The highest BCUT2D eigenvalue weighted by Gasteiger charge is 2.24. The number of fused-ring (bicyclic) bond motifs is 1. The minimum Gasteiger partial charge on any atom is -0.340 e. The van der Waals surface area contributed by atoms with Crippen LogP contribution in [0, 0.1) is 5.82 Å². The van der Waals surface area contributed by atoms with Crippen molar-refractivity contribution in [1.82, 2.24) is 20.3 Å². The Hall–Kier alpha value is -3.23. The van der Waals surface area contributed by atoms with Gasteiger partial charge in [-0.1, -0.05) is 35.3 Å². The van der Waals surface area contributed by atoms with E-state index in [4.69, 9.17) is 23.2 Å². The van der Waals surface area contributed by atoms with Crippen LogP contribution in [0.5, 0.6) is 0 Å². The summed E-state index contributed by atoms with van der Waals surface area (Å²) in [5.74, 6) is 0.0359. The number of hydrogen-bond donors (Lipinski definition) is 2. The molecule has 2 N–H and O–H groups in total. The molecule has 0 atom stereocenters. The van der Waals surface area contributed by atoms with E-state index < -0.39 is 5.82 Å². The second-order valence-corrected chi connectivity index (χ2v) is 7.64. The molecule has 2 heterocycles. The van der Waals surface area contributed by atoms with Crippen LogP contribution in [0.25, 0.3) is 0 Å². The number of nitrogens with one attached hydrogen (secondary N) is 2. The van der Waals surface area contributed by atoms with Crippen molar-refractivity contribution in [2.45, 2.75) is 13.0 Å². The summed E-state index contributed by atoms with van der Waals surface area (Å²) < 4.78 is 13.4. The maximum atomic E-state index is 13.4. The fraction of sp³-hybridized carbons (Fsp3) is 0.143. The van der Waals surface area contributed by atoms with Gasteiger partial charge in [0, 0.05) is 29.2 Å². The number of benzene rings is 2. The molecule has 0 saturated carbocycles. The largest absolute Gasteiger partial charge is 0.340 e. The number of carbonyl (C=O) groups excluding carboxylic acids is 1. The Kier molecular flexibility index (Phi) is 6.29. The molecule has 0 unspecified atom stereocenters. The van der Waals surface area contributed by atoms with E-state index in [1.54, 1.807) is 41.4 Å². The summed E-state index contributed by atoms with van der Waals surface area (Å²) in [6, 6.07) is 11.1. The monoisotopic (exact) mass is 458 g/mol. The lowest BCUT2D eigenvalue weighted by Gasteiger charge is -2.28. The molecule has 0 saturated heterocycles. The molecule has 2 amide bonds. The van der Waals surface area contributed by atoms with Gasteiger partial charge in [-0.05, 0) is 35.9 Å². The topological polar surface area (TPSA) is 82.5 Å². The van der Waals surface area contributed by atoms with Crippen LogP contribution in [-0.4, -0.2) is 33.7 Å². The Morgan fingerprint density at radius 1 is 1.16 bits per heavy atom. The molecule has 0 spiro atoms. The third-order valence-electron chi connectivity index (χ3n) is 4.72. The summed E-state index contributed by atoms with van der Waals surface area (Å²) in [7, 11) is 0. The van der Waals surface area contributed by atoms with Gasteiger partial charge in [0.25, 0.3) is 0 Å². The van der Waals surface area contributed by atoms with Crippen LogP contribution >= 0.6 is 23.2 Å². The van der Waals surface area contributed by atoms with Crippen LogP contribution in [0.2, 0.25) is 10.0 Å². The molecule has 4 rings (SSSR count). The first-order chi connectivity index (χ1) is 15.0. The van der Waals surface area contributed by atoms with Crippen molar-refractivity contribution in [3.05, 3.63) is 81.5 Å². The van der Waals surface area contributed by atoms with Crippen LogP contribution < -0.4 is 10.7 Å². The number of amides is 2. The summed E-state index contributed by atoms with van der Waals surface area (Å²) in [5, 5.41) is 7.77. The average molecular weight is 459 g/mol. The lowest BCUT2D eigenvalue weighted by atomic mass is 10.1. The first kappa shape index (κ1) is 21.0. The normalized spacial score (nSPS) is 13.2. The van der Waals surface area contributed by atoms with Crippen molar-refractivity contribution in [2.24, 2.45) is 5.10 Å². The van der Waals surface area contributed by atoms with Crippen molar-refractivity contribution >= 4 is 47.0 Å². The maximum Gasteiger partial charge on any atom is 0.338 e. The number of urea groups is 1. The molecule has 7 nitrogen and oxygen atoms in total. The van der Waals surface area contributed by atoms with Gasteiger partial charge in [0.1, 0.15) is 18.0 Å². The Morgan fingerprint density at radius 3 is 2.74 bits per heavy atom. The average Bonchev–Trinajstić information content (AvgIpc) is 2.77. The first-order valence-corrected chi connectivity index (χ1v) is 10.1. The molecule has 3 aromatic rings. The summed E-state index contributed by atoms with van der Waals surface area (Å²) >= 11 is 11.7. The molecule has 0 bridgehead atoms. The third-order valence-corrected chi connectivity index (χ3v) is 5.26. The highest BCUT2D eigenvalue weighted by molar-refractivity contribution is 6.31. The van der Waals surface area contributed by atoms with E-state index in [2.05, 4.69) is 25.8 Å². The van der Waals surface area contributed by atoms with Gasteiger partial charge in [-0.3, -0.25) is 0 Å². The van der Waals surface area contributed by atoms with E-state index in [1.807, 2.05) is 0 Å². The molecular weight excluding hydrogens is 442 g/mol. The molecule has 2 aromatic carbocycles. The van der Waals surface area contributed by atoms with Gasteiger partial charge in [0.05, 0.1) is 23.5 Å². The van der Waals surface area contributed by atoms with Gasteiger partial charge in [-0.15, -0.1) is 0 Å². The van der Waals surface area contributed by atoms with Crippen LogP contribution in [0.15, 0.2) is 53.9 Å². The fourth-order valence-corrected chi connectivity index (χ4v) is 3.42. The maximum absolute atomic E-state index is 13.4. The molecule has 0 aliphatic carbocycles. The number of hydrogen-bond acceptors (Lipinski definition) is 5. The van der Waals surface area contributed by atoms with Crippen LogP contribution in [0.3, 0.4) is 0 Å². The minimum atomic E-state index is -0.501. The Labute approximate surface area is 187 Å². The quantitative estimate of drug-likeness (QED) is 0.435. The van der Waals surface area contributed by atoms with Crippen LogP contribution in [0.1, 0.15) is 16.8 Å². The predicted octanol–water partition coefficient (Wildman–Crippen LogP) is 4.77. The third kappa shape index (κ3) is 5.10. The second-order valence-electron chi connectivity index (χ2n) is 6.80.